The minimum atomic E-state index is 0.0546. The molecule has 0 spiro atoms. The Balaban J connectivity index is 2.95. The number of benzene rings is 1. The van der Waals surface area contributed by atoms with Crippen LogP contribution in [0.5, 0.6) is 17.2 Å². The van der Waals surface area contributed by atoms with Crippen LogP contribution in [-0.4, -0.2) is 37.3 Å². The molecule has 0 unspecified atom stereocenters. The second kappa shape index (κ2) is 7.24. The number of hydrogen-bond donors (Lipinski definition) is 1. The molecular formula is C15H25NO3. The largest absolute Gasteiger partial charge is 0.502 e. The van der Waals surface area contributed by atoms with E-state index in [-0.39, 0.29) is 5.75 Å². The van der Waals surface area contributed by atoms with Crippen molar-refractivity contribution in [3.63, 3.8) is 0 Å². The van der Waals surface area contributed by atoms with Gasteiger partial charge in [0.25, 0.3) is 0 Å². The Morgan fingerprint density at radius 2 is 1.58 bits per heavy atom. The molecular weight excluding hydrogens is 242 g/mol. The molecule has 1 rings (SSSR count). The van der Waals surface area contributed by atoms with E-state index in [0.717, 1.165) is 24.9 Å². The SMILES string of the molecule is CCC(CC)N(C)Cc1cc(OC)c(O)c(OC)c1. The quantitative estimate of drug-likeness (QED) is 0.824. The normalized spacial score (nSPS) is 11.1. The Kier molecular flexibility index (Phi) is 5.96. The third kappa shape index (κ3) is 3.77. The Bertz CT molecular complexity index is 377. The number of aromatic hydroxyl groups is 1. The third-order valence-corrected chi connectivity index (χ3v) is 3.54. The van der Waals surface area contributed by atoms with Crippen LogP contribution in [0.15, 0.2) is 12.1 Å². The van der Waals surface area contributed by atoms with Crippen molar-refractivity contribution >= 4 is 0 Å². The maximum Gasteiger partial charge on any atom is 0.200 e. The lowest BCUT2D eigenvalue weighted by atomic mass is 10.1. The topological polar surface area (TPSA) is 41.9 Å². The lowest BCUT2D eigenvalue weighted by Crippen LogP contribution is -2.29. The second-order valence-electron chi connectivity index (χ2n) is 4.73. The van der Waals surface area contributed by atoms with Gasteiger partial charge >= 0.3 is 0 Å². The van der Waals surface area contributed by atoms with Crippen LogP contribution in [0.1, 0.15) is 32.3 Å². The highest BCUT2D eigenvalue weighted by atomic mass is 16.5. The number of rotatable bonds is 7. The highest BCUT2D eigenvalue weighted by molar-refractivity contribution is 5.52. The third-order valence-electron chi connectivity index (χ3n) is 3.54. The lowest BCUT2D eigenvalue weighted by Gasteiger charge is -2.26. The van der Waals surface area contributed by atoms with Crippen LogP contribution in [-0.2, 0) is 6.54 Å². The molecule has 1 aromatic carbocycles. The summed E-state index contributed by atoms with van der Waals surface area (Å²) in [7, 11) is 5.20. The molecule has 0 saturated carbocycles. The number of phenolic OH excluding ortho intramolecular Hbond substituents is 1. The van der Waals surface area contributed by atoms with Gasteiger partial charge in [0.1, 0.15) is 0 Å². The van der Waals surface area contributed by atoms with Gasteiger partial charge in [0.15, 0.2) is 11.5 Å². The first-order valence-corrected chi connectivity index (χ1v) is 6.71. The molecule has 0 aromatic heterocycles. The van der Waals surface area contributed by atoms with Crippen LogP contribution in [0.3, 0.4) is 0 Å². The van der Waals surface area contributed by atoms with Gasteiger partial charge in [0, 0.05) is 12.6 Å². The number of ether oxygens (including phenoxy) is 2. The summed E-state index contributed by atoms with van der Waals surface area (Å²) >= 11 is 0. The van der Waals surface area contributed by atoms with Crippen molar-refractivity contribution in [2.24, 2.45) is 0 Å². The van der Waals surface area contributed by atoms with Crippen molar-refractivity contribution in [1.82, 2.24) is 4.90 Å². The van der Waals surface area contributed by atoms with Gasteiger partial charge in [-0.3, -0.25) is 4.90 Å². The molecule has 0 fully saturated rings. The summed E-state index contributed by atoms with van der Waals surface area (Å²) in [6.07, 6.45) is 2.25. The van der Waals surface area contributed by atoms with Gasteiger partial charge < -0.3 is 14.6 Å². The molecule has 0 aliphatic heterocycles. The van der Waals surface area contributed by atoms with E-state index in [1.165, 1.54) is 0 Å². The van der Waals surface area contributed by atoms with Crippen LogP contribution in [0.4, 0.5) is 0 Å². The van der Waals surface area contributed by atoms with Gasteiger partial charge in [-0.1, -0.05) is 13.8 Å². The summed E-state index contributed by atoms with van der Waals surface area (Å²) in [6.45, 7) is 5.20. The van der Waals surface area contributed by atoms with Crippen molar-refractivity contribution in [3.8, 4) is 17.2 Å². The van der Waals surface area contributed by atoms with Gasteiger partial charge in [-0.25, -0.2) is 0 Å². The van der Waals surface area contributed by atoms with E-state index in [2.05, 4.69) is 25.8 Å². The number of nitrogens with zero attached hydrogens (tertiary/aromatic N) is 1. The van der Waals surface area contributed by atoms with E-state index in [1.54, 1.807) is 14.2 Å². The highest BCUT2D eigenvalue weighted by Gasteiger charge is 2.15. The zero-order valence-corrected chi connectivity index (χ0v) is 12.6. The molecule has 0 atom stereocenters. The molecule has 0 radical (unpaired) electrons. The van der Waals surface area contributed by atoms with Crippen LogP contribution in [0, 0.1) is 0 Å². The number of phenols is 1. The second-order valence-corrected chi connectivity index (χ2v) is 4.73. The van der Waals surface area contributed by atoms with Gasteiger partial charge in [0.2, 0.25) is 5.75 Å². The maximum absolute atomic E-state index is 9.89. The van der Waals surface area contributed by atoms with Crippen LogP contribution >= 0.6 is 0 Å². The Hall–Kier alpha value is -1.42. The molecule has 4 heteroatoms. The molecule has 1 aromatic rings. The number of methoxy groups -OCH3 is 2. The molecule has 19 heavy (non-hydrogen) atoms. The molecule has 0 heterocycles. The fourth-order valence-electron chi connectivity index (χ4n) is 2.37. The van der Waals surface area contributed by atoms with E-state index < -0.39 is 0 Å². The molecule has 0 saturated heterocycles. The summed E-state index contributed by atoms with van der Waals surface area (Å²) in [4.78, 5) is 2.31. The first kappa shape index (κ1) is 15.6. The summed E-state index contributed by atoms with van der Waals surface area (Å²) in [5, 5.41) is 9.89. The first-order valence-electron chi connectivity index (χ1n) is 6.71. The predicted octanol–water partition coefficient (Wildman–Crippen LogP) is 3.03. The molecule has 1 N–H and O–H groups in total. The van der Waals surface area contributed by atoms with Crippen molar-refractivity contribution in [1.29, 1.82) is 0 Å². The molecule has 0 amide bonds. The van der Waals surface area contributed by atoms with E-state index >= 15 is 0 Å². The van der Waals surface area contributed by atoms with Gasteiger partial charge in [-0.05, 0) is 37.6 Å². The van der Waals surface area contributed by atoms with Gasteiger partial charge in [0.05, 0.1) is 14.2 Å². The Morgan fingerprint density at radius 3 is 1.95 bits per heavy atom. The monoisotopic (exact) mass is 267 g/mol. The maximum atomic E-state index is 9.89. The van der Waals surface area contributed by atoms with E-state index in [0.29, 0.717) is 17.5 Å². The summed E-state index contributed by atoms with van der Waals surface area (Å²) < 4.78 is 10.3. The minimum Gasteiger partial charge on any atom is -0.502 e. The van der Waals surface area contributed by atoms with Crippen LogP contribution in [0.25, 0.3) is 0 Å². The van der Waals surface area contributed by atoms with Crippen molar-refractivity contribution in [2.75, 3.05) is 21.3 Å². The fourth-order valence-corrected chi connectivity index (χ4v) is 2.37. The molecule has 108 valence electrons. The van der Waals surface area contributed by atoms with Crippen molar-refractivity contribution < 1.29 is 14.6 Å². The molecule has 0 bridgehead atoms. The Labute approximate surface area is 115 Å². The van der Waals surface area contributed by atoms with Crippen LogP contribution < -0.4 is 9.47 Å². The average molecular weight is 267 g/mol. The molecule has 0 aliphatic carbocycles. The molecule has 4 nitrogen and oxygen atoms in total. The minimum absolute atomic E-state index is 0.0546. The Morgan fingerprint density at radius 1 is 1.11 bits per heavy atom. The lowest BCUT2D eigenvalue weighted by molar-refractivity contribution is 0.221. The fraction of sp³-hybridized carbons (Fsp3) is 0.600. The van der Waals surface area contributed by atoms with Crippen molar-refractivity contribution in [2.45, 2.75) is 39.3 Å². The first-order chi connectivity index (χ1) is 9.07. The van der Waals surface area contributed by atoms with E-state index in [4.69, 9.17) is 9.47 Å². The zero-order valence-electron chi connectivity index (χ0n) is 12.6. The number of hydrogen-bond acceptors (Lipinski definition) is 4. The zero-order chi connectivity index (χ0) is 14.4. The summed E-state index contributed by atoms with van der Waals surface area (Å²) in [5.41, 5.74) is 1.07. The van der Waals surface area contributed by atoms with Crippen LogP contribution in [0.2, 0.25) is 0 Å². The average Bonchev–Trinajstić information content (AvgIpc) is 2.41. The summed E-state index contributed by atoms with van der Waals surface area (Å²) in [5.74, 6) is 0.957. The highest BCUT2D eigenvalue weighted by Crippen LogP contribution is 2.37. The van der Waals surface area contributed by atoms with Gasteiger partial charge in [-0.2, -0.15) is 0 Å². The van der Waals surface area contributed by atoms with Crippen molar-refractivity contribution in [3.05, 3.63) is 17.7 Å². The summed E-state index contributed by atoms with van der Waals surface area (Å²) in [6, 6.07) is 4.28. The molecule has 0 aliphatic rings. The van der Waals surface area contributed by atoms with E-state index in [9.17, 15) is 5.11 Å². The predicted molar refractivity (Wildman–Crippen MR) is 77.0 cm³/mol. The van der Waals surface area contributed by atoms with E-state index in [1.807, 2.05) is 12.1 Å². The van der Waals surface area contributed by atoms with Gasteiger partial charge in [-0.15, -0.1) is 0 Å². The smallest absolute Gasteiger partial charge is 0.200 e. The standard InChI is InChI=1S/C15H25NO3/c1-6-12(7-2)16(3)10-11-8-13(18-4)15(17)14(9-11)19-5/h8-9,12,17H,6-7,10H2,1-5H3.